The van der Waals surface area contributed by atoms with Gasteiger partial charge in [0, 0.05) is 43.7 Å². The summed E-state index contributed by atoms with van der Waals surface area (Å²) in [5.74, 6) is 0.128. The van der Waals surface area contributed by atoms with Crippen molar-refractivity contribution in [1.29, 1.82) is 0 Å². The summed E-state index contributed by atoms with van der Waals surface area (Å²) < 4.78 is 27.3. The van der Waals surface area contributed by atoms with E-state index in [1.807, 2.05) is 25.7 Å². The minimum Gasteiger partial charge on any atom is -0.338 e. The number of aliphatic imine (C=N–C) groups is 1. The number of amidine groups is 1. The highest BCUT2D eigenvalue weighted by molar-refractivity contribution is 7.90. The molecule has 1 aromatic heterocycles. The van der Waals surface area contributed by atoms with Crippen LogP contribution in [-0.4, -0.2) is 67.2 Å². The van der Waals surface area contributed by atoms with E-state index < -0.39 is 16.1 Å². The molecule has 0 radical (unpaired) electrons. The predicted octanol–water partition coefficient (Wildman–Crippen LogP) is 1.86. The van der Waals surface area contributed by atoms with Gasteiger partial charge in [0.1, 0.15) is 11.9 Å². The molecule has 1 atom stereocenters. The van der Waals surface area contributed by atoms with Crippen molar-refractivity contribution in [1.82, 2.24) is 19.5 Å². The average molecular weight is 462 g/mol. The van der Waals surface area contributed by atoms with Gasteiger partial charge in [-0.15, -0.1) is 11.3 Å². The van der Waals surface area contributed by atoms with E-state index in [4.69, 9.17) is 0 Å². The van der Waals surface area contributed by atoms with Crippen LogP contribution in [-0.2, 0) is 21.4 Å². The average Bonchev–Trinajstić information content (AvgIpc) is 3.26. The fourth-order valence-corrected chi connectivity index (χ4v) is 5.72. The molecule has 1 saturated heterocycles. The fourth-order valence-electron chi connectivity index (χ4n) is 3.88. The van der Waals surface area contributed by atoms with E-state index >= 15 is 0 Å². The van der Waals surface area contributed by atoms with Crippen molar-refractivity contribution in [3.8, 4) is 0 Å². The van der Waals surface area contributed by atoms with Crippen LogP contribution in [0.3, 0.4) is 0 Å². The lowest BCUT2D eigenvalue weighted by atomic mass is 10.0. The van der Waals surface area contributed by atoms with Crippen molar-refractivity contribution in [2.45, 2.75) is 38.3 Å². The Bertz CT molecular complexity index is 1100. The van der Waals surface area contributed by atoms with Gasteiger partial charge < -0.3 is 4.90 Å². The summed E-state index contributed by atoms with van der Waals surface area (Å²) >= 11 is 1.65. The van der Waals surface area contributed by atoms with Crippen molar-refractivity contribution >= 4 is 33.1 Å². The van der Waals surface area contributed by atoms with E-state index in [2.05, 4.69) is 25.0 Å². The van der Waals surface area contributed by atoms with Gasteiger partial charge in [0.05, 0.1) is 15.6 Å². The van der Waals surface area contributed by atoms with Crippen LogP contribution in [0.2, 0.25) is 0 Å². The highest BCUT2D eigenvalue weighted by atomic mass is 32.2. The van der Waals surface area contributed by atoms with Gasteiger partial charge in [0.25, 0.3) is 10.0 Å². The molecule has 1 aromatic carbocycles. The first-order chi connectivity index (χ1) is 14.7. The van der Waals surface area contributed by atoms with Crippen LogP contribution in [0.4, 0.5) is 0 Å². The Morgan fingerprint density at radius 2 is 1.94 bits per heavy atom. The zero-order valence-corrected chi connectivity index (χ0v) is 19.5. The summed E-state index contributed by atoms with van der Waals surface area (Å²) in [5, 5.41) is 3.14. The van der Waals surface area contributed by atoms with Gasteiger partial charge in [-0.2, -0.15) is 0 Å². The van der Waals surface area contributed by atoms with Crippen molar-refractivity contribution in [3.63, 3.8) is 0 Å². The predicted molar refractivity (Wildman–Crippen MR) is 121 cm³/mol. The largest absolute Gasteiger partial charge is 0.338 e. The Kier molecular flexibility index (Phi) is 6.14. The maximum Gasteiger partial charge on any atom is 0.263 e. The first kappa shape index (κ1) is 21.9. The van der Waals surface area contributed by atoms with Gasteiger partial charge in [0.15, 0.2) is 0 Å². The third-order valence-corrected chi connectivity index (χ3v) is 7.77. The molecule has 1 amide bonds. The molecule has 4 rings (SSSR count). The van der Waals surface area contributed by atoms with E-state index in [-0.39, 0.29) is 22.6 Å². The Hall–Kier alpha value is -2.30. The molecule has 10 heteroatoms. The molecule has 3 heterocycles. The first-order valence-corrected chi connectivity index (χ1v) is 12.7. The number of fused-ring (bicyclic) bond motifs is 1. The number of carbonyl (C=O) groups excluding carboxylic acids is 1. The fraction of sp³-hybridized carbons (Fsp3) is 0.476. The standard InChI is InChI=1S/C21H27N5O3S2/c1-14(2)19(23-20-17-6-4-5-7-18(17)31(28,29)24-20)21(27)26-10-8-25(9-11-26)12-16-13-30-15(3)22-16/h4-7,13-14,19H,8-12H2,1-3H3,(H,23,24)/t19-/m0/s1. The lowest BCUT2D eigenvalue weighted by Gasteiger charge is -2.36. The molecule has 2 aliphatic rings. The topological polar surface area (TPSA) is 95.0 Å². The molecular weight excluding hydrogens is 434 g/mol. The normalized spacial score (nSPS) is 20.6. The summed E-state index contributed by atoms with van der Waals surface area (Å²) in [6.45, 7) is 9.46. The number of carbonyl (C=O) groups is 1. The molecule has 0 aliphatic carbocycles. The Morgan fingerprint density at radius 1 is 1.23 bits per heavy atom. The summed E-state index contributed by atoms with van der Waals surface area (Å²) in [6.07, 6.45) is 0. The number of thiazole rings is 1. The van der Waals surface area contributed by atoms with Crippen LogP contribution in [0.5, 0.6) is 0 Å². The van der Waals surface area contributed by atoms with Crippen LogP contribution in [0.25, 0.3) is 0 Å². The van der Waals surface area contributed by atoms with Gasteiger partial charge >= 0.3 is 0 Å². The smallest absolute Gasteiger partial charge is 0.263 e. The van der Waals surface area contributed by atoms with Gasteiger partial charge in [-0.1, -0.05) is 26.0 Å². The number of hydrogen-bond acceptors (Lipinski definition) is 7. The van der Waals surface area contributed by atoms with Crippen molar-refractivity contribution in [2.24, 2.45) is 10.9 Å². The summed E-state index contributed by atoms with van der Waals surface area (Å²) in [6, 6.07) is 6.07. The SMILES string of the molecule is Cc1nc(CN2CCN(C(=O)[C@@H](N=C3NS(=O)(=O)c4ccccc43)C(C)C)CC2)cs1. The first-order valence-electron chi connectivity index (χ1n) is 10.4. The monoisotopic (exact) mass is 461 g/mol. The summed E-state index contributed by atoms with van der Waals surface area (Å²) in [4.78, 5) is 26.7. The molecule has 31 heavy (non-hydrogen) atoms. The molecule has 0 spiro atoms. The highest BCUT2D eigenvalue weighted by Gasteiger charge is 2.34. The second-order valence-electron chi connectivity index (χ2n) is 8.23. The van der Waals surface area contributed by atoms with Crippen LogP contribution < -0.4 is 4.72 Å². The number of nitrogens with one attached hydrogen (secondary N) is 1. The van der Waals surface area contributed by atoms with Gasteiger partial charge in [0.2, 0.25) is 5.91 Å². The van der Waals surface area contributed by atoms with Crippen molar-refractivity contribution in [3.05, 3.63) is 45.9 Å². The minimum absolute atomic E-state index is 0.0600. The van der Waals surface area contributed by atoms with Gasteiger partial charge in [-0.25, -0.2) is 13.4 Å². The van der Waals surface area contributed by atoms with E-state index in [9.17, 15) is 13.2 Å². The molecular formula is C21H27N5O3S2. The third kappa shape index (κ3) is 4.65. The number of piperazine rings is 1. The number of benzene rings is 1. The van der Waals surface area contributed by atoms with E-state index in [1.165, 1.54) is 0 Å². The molecule has 2 aliphatic heterocycles. The van der Waals surface area contributed by atoms with Crippen LogP contribution in [0.15, 0.2) is 39.5 Å². The number of aryl methyl sites for hydroxylation is 1. The number of amides is 1. The Morgan fingerprint density at radius 3 is 2.58 bits per heavy atom. The highest BCUT2D eigenvalue weighted by Crippen LogP contribution is 2.24. The van der Waals surface area contributed by atoms with Crippen LogP contribution in [0.1, 0.15) is 30.1 Å². The zero-order valence-electron chi connectivity index (χ0n) is 17.9. The second kappa shape index (κ2) is 8.68. The Balaban J connectivity index is 1.46. The number of aromatic nitrogens is 1. The third-order valence-electron chi connectivity index (χ3n) is 5.55. The maximum absolute atomic E-state index is 13.3. The summed E-state index contributed by atoms with van der Waals surface area (Å²) in [7, 11) is -3.63. The lowest BCUT2D eigenvalue weighted by molar-refractivity contribution is -0.135. The van der Waals surface area contributed by atoms with Crippen LogP contribution in [0, 0.1) is 12.8 Å². The minimum atomic E-state index is -3.63. The molecule has 2 aromatic rings. The summed E-state index contributed by atoms with van der Waals surface area (Å²) in [5.41, 5.74) is 1.59. The zero-order chi connectivity index (χ0) is 22.2. The molecule has 1 fully saturated rings. The Labute approximate surface area is 187 Å². The van der Waals surface area contributed by atoms with Crippen LogP contribution >= 0.6 is 11.3 Å². The van der Waals surface area contributed by atoms with E-state index in [0.29, 0.717) is 18.7 Å². The molecule has 8 nitrogen and oxygen atoms in total. The molecule has 0 unspecified atom stereocenters. The van der Waals surface area contributed by atoms with Gasteiger partial charge in [-0.05, 0) is 25.0 Å². The second-order valence-corrected chi connectivity index (χ2v) is 10.9. The van der Waals surface area contributed by atoms with Crippen molar-refractivity contribution < 1.29 is 13.2 Å². The number of hydrogen-bond donors (Lipinski definition) is 1. The number of sulfonamides is 1. The molecule has 1 N–H and O–H groups in total. The van der Waals surface area contributed by atoms with Gasteiger partial charge in [-0.3, -0.25) is 19.4 Å². The molecule has 166 valence electrons. The number of nitrogens with zero attached hydrogens (tertiary/aromatic N) is 4. The number of rotatable bonds is 5. The van der Waals surface area contributed by atoms with E-state index in [0.717, 1.165) is 30.3 Å². The van der Waals surface area contributed by atoms with E-state index in [1.54, 1.807) is 35.6 Å². The quantitative estimate of drug-likeness (QED) is 0.733. The van der Waals surface area contributed by atoms with Crippen molar-refractivity contribution in [2.75, 3.05) is 26.2 Å². The molecule has 0 bridgehead atoms. The lowest BCUT2D eigenvalue weighted by Crippen LogP contribution is -2.51. The molecule has 0 saturated carbocycles. The maximum atomic E-state index is 13.3.